The summed E-state index contributed by atoms with van der Waals surface area (Å²) in [6, 6.07) is 4.51. The van der Waals surface area contributed by atoms with Gasteiger partial charge in [-0.05, 0) is 24.8 Å². The van der Waals surface area contributed by atoms with Gasteiger partial charge >= 0.3 is 0 Å². The van der Waals surface area contributed by atoms with Crippen LogP contribution in [0.4, 0.5) is 0 Å². The van der Waals surface area contributed by atoms with Crippen LogP contribution in [0.25, 0.3) is 0 Å². The number of carbonyl (C=O) groups is 1. The van der Waals surface area contributed by atoms with Gasteiger partial charge in [0.1, 0.15) is 6.54 Å². The quantitative estimate of drug-likeness (QED) is 0.315. The first-order valence-electron chi connectivity index (χ1n) is 10.3. The van der Waals surface area contributed by atoms with E-state index in [1.807, 2.05) is 6.92 Å². The molecule has 0 aromatic carbocycles. The maximum atomic E-state index is 12.0. The van der Waals surface area contributed by atoms with Crippen molar-refractivity contribution >= 4 is 23.2 Å². The maximum absolute atomic E-state index is 12.0. The topological polar surface area (TPSA) is 78.4 Å². The molecule has 2 rings (SSSR count). The van der Waals surface area contributed by atoms with Crippen molar-refractivity contribution in [2.75, 3.05) is 73.2 Å². The highest BCUT2D eigenvalue weighted by Crippen LogP contribution is 2.25. The molecule has 0 saturated carbocycles. The van der Waals surface area contributed by atoms with Gasteiger partial charge in [0.2, 0.25) is 5.91 Å². The van der Waals surface area contributed by atoms with Gasteiger partial charge in [0, 0.05) is 58.4 Å². The van der Waals surface area contributed by atoms with E-state index in [0.717, 1.165) is 45.9 Å². The number of nitrogens with zero attached hydrogens (tertiary/aromatic N) is 3. The largest absolute Gasteiger partial charge is 0.382 e. The normalized spacial score (nSPS) is 16.4. The first kappa shape index (κ1) is 23.6. The summed E-state index contributed by atoms with van der Waals surface area (Å²) in [4.78, 5) is 21.8. The number of likely N-dealkylation sites (N-methyl/N-ethyl adjacent to an activating group) is 1. The summed E-state index contributed by atoms with van der Waals surface area (Å²) in [5, 5.41) is 8.88. The lowest BCUT2D eigenvalue weighted by Gasteiger charge is -2.34. The molecule has 0 spiro atoms. The van der Waals surface area contributed by atoms with Crippen LogP contribution < -0.4 is 10.6 Å². The molecule has 1 aromatic rings. The minimum Gasteiger partial charge on any atom is -0.382 e. The van der Waals surface area contributed by atoms with Crippen LogP contribution in [-0.4, -0.2) is 94.9 Å². The zero-order chi connectivity index (χ0) is 20.9. The van der Waals surface area contributed by atoms with E-state index in [0.29, 0.717) is 19.1 Å². The summed E-state index contributed by atoms with van der Waals surface area (Å²) in [6.07, 6.45) is 0.883. The highest BCUT2D eigenvalue weighted by molar-refractivity contribution is 7.10. The first-order chi connectivity index (χ1) is 14.1. The van der Waals surface area contributed by atoms with Crippen molar-refractivity contribution < 1.29 is 14.3 Å². The number of hydrogen-bond donors (Lipinski definition) is 2. The van der Waals surface area contributed by atoms with Gasteiger partial charge in [-0.25, -0.2) is 4.99 Å². The van der Waals surface area contributed by atoms with E-state index in [-0.39, 0.29) is 18.5 Å². The number of morpholine rings is 1. The molecular weight excluding hydrogens is 390 g/mol. The first-order valence-corrected chi connectivity index (χ1v) is 11.1. The monoisotopic (exact) mass is 425 g/mol. The van der Waals surface area contributed by atoms with Crippen LogP contribution in [0.1, 0.15) is 24.3 Å². The number of ether oxygens (including phenoxy) is 2. The van der Waals surface area contributed by atoms with E-state index in [1.54, 1.807) is 30.3 Å². The molecule has 1 aliphatic rings. The van der Waals surface area contributed by atoms with E-state index in [4.69, 9.17) is 9.47 Å². The van der Waals surface area contributed by atoms with Crippen molar-refractivity contribution in [3.8, 4) is 0 Å². The molecule has 1 aliphatic heterocycles. The molecule has 0 aliphatic carbocycles. The van der Waals surface area contributed by atoms with Crippen LogP contribution in [0.2, 0.25) is 0 Å². The van der Waals surface area contributed by atoms with Gasteiger partial charge in [0.25, 0.3) is 0 Å². The number of thiophene rings is 1. The Balaban J connectivity index is 1.97. The molecule has 2 N–H and O–H groups in total. The average molecular weight is 426 g/mol. The van der Waals surface area contributed by atoms with Crippen molar-refractivity contribution in [2.45, 2.75) is 19.4 Å². The third-order valence-corrected chi connectivity index (χ3v) is 5.63. The third kappa shape index (κ3) is 8.69. The Morgan fingerprint density at radius 1 is 1.38 bits per heavy atom. The van der Waals surface area contributed by atoms with E-state index in [1.165, 1.54) is 4.88 Å². The Morgan fingerprint density at radius 3 is 2.83 bits per heavy atom. The second-order valence-corrected chi connectivity index (χ2v) is 7.97. The van der Waals surface area contributed by atoms with Gasteiger partial charge in [0.15, 0.2) is 5.96 Å². The smallest absolute Gasteiger partial charge is 0.243 e. The number of aliphatic imine (C=N–C) groups is 1. The minimum atomic E-state index is -0.0246. The van der Waals surface area contributed by atoms with Crippen molar-refractivity contribution in [3.63, 3.8) is 0 Å². The van der Waals surface area contributed by atoms with Crippen molar-refractivity contribution in [3.05, 3.63) is 22.4 Å². The highest BCUT2D eigenvalue weighted by atomic mass is 32.1. The lowest BCUT2D eigenvalue weighted by molar-refractivity contribution is -0.127. The van der Waals surface area contributed by atoms with Gasteiger partial charge in [0.05, 0.1) is 19.3 Å². The van der Waals surface area contributed by atoms with E-state index >= 15 is 0 Å². The van der Waals surface area contributed by atoms with E-state index in [9.17, 15) is 4.79 Å². The number of nitrogens with one attached hydrogen (secondary N) is 2. The van der Waals surface area contributed by atoms with Crippen molar-refractivity contribution in [2.24, 2.45) is 4.99 Å². The molecular formula is C20H35N5O3S. The molecule has 164 valence electrons. The van der Waals surface area contributed by atoms with Gasteiger partial charge in [-0.3, -0.25) is 9.69 Å². The molecule has 1 unspecified atom stereocenters. The second-order valence-electron chi connectivity index (χ2n) is 6.99. The minimum absolute atomic E-state index is 0.0246. The predicted molar refractivity (Wildman–Crippen MR) is 118 cm³/mol. The lowest BCUT2D eigenvalue weighted by atomic mass is 10.2. The summed E-state index contributed by atoms with van der Waals surface area (Å²) in [7, 11) is 3.48. The Labute approximate surface area is 178 Å². The summed E-state index contributed by atoms with van der Waals surface area (Å²) in [5.74, 6) is 0.634. The average Bonchev–Trinajstić information content (AvgIpc) is 3.26. The third-order valence-electron chi connectivity index (χ3n) is 4.65. The number of hydrogen-bond acceptors (Lipinski definition) is 6. The van der Waals surface area contributed by atoms with Crippen LogP contribution in [-0.2, 0) is 14.3 Å². The molecule has 0 bridgehead atoms. The van der Waals surface area contributed by atoms with Crippen LogP contribution in [0.15, 0.2) is 22.5 Å². The summed E-state index contributed by atoms with van der Waals surface area (Å²) < 4.78 is 10.9. The van der Waals surface area contributed by atoms with Gasteiger partial charge in [-0.1, -0.05) is 6.07 Å². The zero-order valence-electron chi connectivity index (χ0n) is 17.9. The van der Waals surface area contributed by atoms with Crippen LogP contribution in [0, 0.1) is 0 Å². The second kappa shape index (κ2) is 13.5. The van der Waals surface area contributed by atoms with Crippen LogP contribution >= 0.6 is 11.3 Å². The zero-order valence-corrected chi connectivity index (χ0v) is 18.7. The predicted octanol–water partition coefficient (Wildman–Crippen LogP) is 1.17. The summed E-state index contributed by atoms with van der Waals surface area (Å²) >= 11 is 1.77. The Kier molecular flexibility index (Phi) is 11.0. The van der Waals surface area contributed by atoms with E-state index < -0.39 is 0 Å². The molecule has 0 radical (unpaired) electrons. The fraction of sp³-hybridized carbons (Fsp3) is 0.700. The molecule has 29 heavy (non-hydrogen) atoms. The standard InChI is InChI=1S/C20H35N5O3S/c1-4-27-11-6-8-21-20(23-16-19(26)24(2)3)22-15-17(18-7-5-14-29-18)25-9-12-28-13-10-25/h5,7,14,17H,4,6,8-13,15-16H2,1-3H3,(H2,21,22,23). The number of guanidine groups is 1. The van der Waals surface area contributed by atoms with Gasteiger partial charge in [-0.2, -0.15) is 0 Å². The van der Waals surface area contributed by atoms with Crippen molar-refractivity contribution in [1.29, 1.82) is 0 Å². The summed E-state index contributed by atoms with van der Waals surface area (Å²) in [5.41, 5.74) is 0. The number of rotatable bonds is 11. The fourth-order valence-corrected chi connectivity index (χ4v) is 3.82. The molecule has 8 nitrogen and oxygen atoms in total. The Bertz CT molecular complexity index is 603. The van der Waals surface area contributed by atoms with E-state index in [2.05, 4.69) is 38.0 Å². The number of carbonyl (C=O) groups excluding carboxylic acids is 1. The lowest BCUT2D eigenvalue weighted by Crippen LogP contribution is -2.46. The van der Waals surface area contributed by atoms with Crippen LogP contribution in [0.5, 0.6) is 0 Å². The van der Waals surface area contributed by atoms with Gasteiger partial charge < -0.3 is 25.0 Å². The highest BCUT2D eigenvalue weighted by Gasteiger charge is 2.23. The molecule has 9 heteroatoms. The molecule has 1 atom stereocenters. The fourth-order valence-electron chi connectivity index (χ4n) is 2.96. The van der Waals surface area contributed by atoms with Crippen LogP contribution in [0.3, 0.4) is 0 Å². The molecule has 1 fully saturated rings. The van der Waals surface area contributed by atoms with Gasteiger partial charge in [-0.15, -0.1) is 11.3 Å². The van der Waals surface area contributed by atoms with Crippen molar-refractivity contribution in [1.82, 2.24) is 20.4 Å². The summed E-state index contributed by atoms with van der Waals surface area (Å²) in [6.45, 7) is 8.34. The molecule has 1 saturated heterocycles. The SMILES string of the molecule is CCOCCCNC(=NCC(=O)N(C)C)NCC(c1cccs1)N1CCOCC1. The number of amides is 1. The Morgan fingerprint density at radius 2 is 2.17 bits per heavy atom. The Hall–Kier alpha value is -1.68. The molecule has 2 heterocycles. The maximum Gasteiger partial charge on any atom is 0.243 e. The molecule has 1 aromatic heterocycles. The molecule has 1 amide bonds.